The molecule has 70 valence electrons. The van der Waals surface area contributed by atoms with Gasteiger partial charge in [0.25, 0.3) is 0 Å². The number of Topliss-reactive ketones (excluding diaryl/α,β-unsaturated/α-hetero) is 1. The zero-order valence-corrected chi connectivity index (χ0v) is 7.73. The smallest absolute Gasteiger partial charge is 0.142 e. The summed E-state index contributed by atoms with van der Waals surface area (Å²) in [4.78, 5) is 15.5. The predicted octanol–water partition coefficient (Wildman–Crippen LogP) is 0.788. The van der Waals surface area contributed by atoms with Crippen molar-refractivity contribution in [1.29, 1.82) is 0 Å². The lowest BCUT2D eigenvalue weighted by atomic mass is 10.0. The summed E-state index contributed by atoms with van der Waals surface area (Å²) in [5, 5.41) is 0. The van der Waals surface area contributed by atoms with Crippen molar-refractivity contribution < 1.29 is 4.79 Å². The highest BCUT2D eigenvalue weighted by molar-refractivity contribution is 5.82. The summed E-state index contributed by atoms with van der Waals surface area (Å²) in [6.45, 7) is 2.25. The Morgan fingerprint density at radius 1 is 1.62 bits per heavy atom. The summed E-state index contributed by atoms with van der Waals surface area (Å²) in [7, 11) is 0. The topological polar surface area (TPSA) is 56.0 Å². The molecule has 0 saturated heterocycles. The molecule has 1 rings (SSSR count). The lowest BCUT2D eigenvalue weighted by molar-refractivity contribution is -0.121. The van der Waals surface area contributed by atoms with Gasteiger partial charge in [0, 0.05) is 30.8 Å². The Morgan fingerprint density at radius 2 is 2.38 bits per heavy atom. The van der Waals surface area contributed by atoms with Gasteiger partial charge in [0.05, 0.1) is 0 Å². The molecule has 1 aromatic rings. The summed E-state index contributed by atoms with van der Waals surface area (Å²) in [5.41, 5.74) is 6.20. The lowest BCUT2D eigenvalue weighted by Crippen LogP contribution is -2.22. The maximum atomic E-state index is 11.4. The minimum absolute atomic E-state index is 0.0676. The first-order valence-corrected chi connectivity index (χ1v) is 4.36. The van der Waals surface area contributed by atoms with E-state index in [0.29, 0.717) is 13.0 Å². The molecule has 3 nitrogen and oxygen atoms in total. The van der Waals surface area contributed by atoms with Crippen LogP contribution in [0.15, 0.2) is 24.4 Å². The van der Waals surface area contributed by atoms with Crippen molar-refractivity contribution in [2.45, 2.75) is 13.3 Å². The number of ketones is 1. The van der Waals surface area contributed by atoms with E-state index in [9.17, 15) is 4.79 Å². The molecule has 1 atom stereocenters. The van der Waals surface area contributed by atoms with Gasteiger partial charge in [0.1, 0.15) is 5.78 Å². The number of aromatic nitrogens is 1. The molecule has 2 N–H and O–H groups in total. The first-order valence-electron chi connectivity index (χ1n) is 4.36. The van der Waals surface area contributed by atoms with Crippen molar-refractivity contribution in [3.05, 3.63) is 30.1 Å². The standard InChI is InChI=1S/C10H14N2O/c1-8(7-11)10(13)6-9-4-2-3-5-12-9/h2-5,8H,6-7,11H2,1H3. The zero-order chi connectivity index (χ0) is 9.68. The average molecular weight is 178 g/mol. The minimum atomic E-state index is -0.0676. The molecule has 0 amide bonds. The van der Waals surface area contributed by atoms with Crippen LogP contribution in [0.3, 0.4) is 0 Å². The van der Waals surface area contributed by atoms with E-state index in [1.54, 1.807) is 6.20 Å². The van der Waals surface area contributed by atoms with Gasteiger partial charge in [-0.15, -0.1) is 0 Å². The van der Waals surface area contributed by atoms with Crippen LogP contribution in [-0.4, -0.2) is 17.3 Å². The molecule has 0 aliphatic carbocycles. The zero-order valence-electron chi connectivity index (χ0n) is 7.73. The van der Waals surface area contributed by atoms with Crippen LogP contribution in [0.1, 0.15) is 12.6 Å². The number of hydrogen-bond donors (Lipinski definition) is 1. The van der Waals surface area contributed by atoms with Gasteiger partial charge >= 0.3 is 0 Å². The Labute approximate surface area is 78.0 Å². The molecule has 3 heteroatoms. The fourth-order valence-corrected chi connectivity index (χ4v) is 0.987. The summed E-state index contributed by atoms with van der Waals surface area (Å²) >= 11 is 0. The highest BCUT2D eigenvalue weighted by Crippen LogP contribution is 2.01. The van der Waals surface area contributed by atoms with E-state index in [4.69, 9.17) is 5.73 Å². The number of rotatable bonds is 4. The molecule has 1 aromatic heterocycles. The Balaban J connectivity index is 2.55. The Kier molecular flexibility index (Phi) is 3.58. The summed E-state index contributed by atoms with van der Waals surface area (Å²) in [5.74, 6) is 0.0863. The molecule has 0 fully saturated rings. The summed E-state index contributed by atoms with van der Waals surface area (Å²) in [6.07, 6.45) is 2.08. The molecular weight excluding hydrogens is 164 g/mol. The first-order chi connectivity index (χ1) is 6.24. The van der Waals surface area contributed by atoms with Crippen molar-refractivity contribution in [3.63, 3.8) is 0 Å². The molecule has 0 bridgehead atoms. The van der Waals surface area contributed by atoms with Gasteiger partial charge in [-0.05, 0) is 12.1 Å². The van der Waals surface area contributed by atoms with Crippen molar-refractivity contribution in [1.82, 2.24) is 4.98 Å². The largest absolute Gasteiger partial charge is 0.330 e. The van der Waals surface area contributed by atoms with Gasteiger partial charge in [-0.3, -0.25) is 9.78 Å². The quantitative estimate of drug-likeness (QED) is 0.741. The monoisotopic (exact) mass is 178 g/mol. The van der Waals surface area contributed by atoms with Crippen LogP contribution in [0.4, 0.5) is 0 Å². The highest BCUT2D eigenvalue weighted by Gasteiger charge is 2.11. The Bertz CT molecular complexity index is 272. The van der Waals surface area contributed by atoms with Gasteiger partial charge in [0.2, 0.25) is 0 Å². The fraction of sp³-hybridized carbons (Fsp3) is 0.400. The molecule has 0 aliphatic heterocycles. The molecule has 1 unspecified atom stereocenters. The lowest BCUT2D eigenvalue weighted by Gasteiger charge is -2.05. The molecule has 0 aliphatic rings. The summed E-state index contributed by atoms with van der Waals surface area (Å²) in [6, 6.07) is 5.56. The Morgan fingerprint density at radius 3 is 2.92 bits per heavy atom. The van der Waals surface area contributed by atoms with Crippen LogP contribution in [0, 0.1) is 5.92 Å². The minimum Gasteiger partial charge on any atom is -0.330 e. The van der Waals surface area contributed by atoms with Crippen LogP contribution in [0.25, 0.3) is 0 Å². The van der Waals surface area contributed by atoms with Crippen molar-refractivity contribution in [3.8, 4) is 0 Å². The summed E-state index contributed by atoms with van der Waals surface area (Å²) < 4.78 is 0. The molecule has 0 spiro atoms. The predicted molar refractivity (Wildman–Crippen MR) is 51.2 cm³/mol. The maximum Gasteiger partial charge on any atom is 0.142 e. The second-order valence-corrected chi connectivity index (χ2v) is 3.10. The van der Waals surface area contributed by atoms with E-state index in [-0.39, 0.29) is 11.7 Å². The second kappa shape index (κ2) is 4.72. The van der Waals surface area contributed by atoms with Crippen LogP contribution in [0.5, 0.6) is 0 Å². The third-order valence-corrected chi connectivity index (χ3v) is 1.98. The normalized spacial score (nSPS) is 12.5. The van der Waals surface area contributed by atoms with E-state index >= 15 is 0 Å². The Hall–Kier alpha value is -1.22. The fourth-order valence-electron chi connectivity index (χ4n) is 0.987. The number of carbonyl (C=O) groups is 1. The van der Waals surface area contributed by atoms with E-state index in [1.807, 2.05) is 25.1 Å². The van der Waals surface area contributed by atoms with E-state index < -0.39 is 0 Å². The van der Waals surface area contributed by atoms with E-state index in [2.05, 4.69) is 4.98 Å². The number of pyridine rings is 1. The van der Waals surface area contributed by atoms with Crippen LogP contribution in [0.2, 0.25) is 0 Å². The first kappa shape index (κ1) is 9.86. The van der Waals surface area contributed by atoms with Gasteiger partial charge in [0.15, 0.2) is 0 Å². The average Bonchev–Trinajstić information content (AvgIpc) is 2.18. The van der Waals surface area contributed by atoms with Gasteiger partial charge in [-0.25, -0.2) is 0 Å². The molecular formula is C10H14N2O. The highest BCUT2D eigenvalue weighted by atomic mass is 16.1. The maximum absolute atomic E-state index is 11.4. The molecule has 13 heavy (non-hydrogen) atoms. The van der Waals surface area contributed by atoms with Crippen LogP contribution >= 0.6 is 0 Å². The number of carbonyl (C=O) groups excluding carboxylic acids is 1. The van der Waals surface area contributed by atoms with Gasteiger partial charge in [-0.2, -0.15) is 0 Å². The molecule has 0 radical (unpaired) electrons. The third kappa shape index (κ3) is 2.95. The third-order valence-electron chi connectivity index (χ3n) is 1.98. The van der Waals surface area contributed by atoms with Crippen LogP contribution in [-0.2, 0) is 11.2 Å². The van der Waals surface area contributed by atoms with Crippen LogP contribution < -0.4 is 5.73 Å². The number of nitrogens with two attached hydrogens (primary N) is 1. The van der Waals surface area contributed by atoms with E-state index in [1.165, 1.54) is 0 Å². The van der Waals surface area contributed by atoms with Crippen molar-refractivity contribution >= 4 is 5.78 Å². The number of nitrogens with zero attached hydrogens (tertiary/aromatic N) is 1. The van der Waals surface area contributed by atoms with Gasteiger partial charge < -0.3 is 5.73 Å². The molecule has 1 heterocycles. The molecule has 0 aromatic carbocycles. The van der Waals surface area contributed by atoms with Crippen molar-refractivity contribution in [2.24, 2.45) is 11.7 Å². The molecule has 0 saturated carbocycles. The van der Waals surface area contributed by atoms with Crippen molar-refractivity contribution in [2.75, 3.05) is 6.54 Å². The van der Waals surface area contributed by atoms with Gasteiger partial charge in [-0.1, -0.05) is 13.0 Å². The SMILES string of the molecule is CC(CN)C(=O)Cc1ccccn1. The number of hydrogen-bond acceptors (Lipinski definition) is 3. The second-order valence-electron chi connectivity index (χ2n) is 3.10. The van der Waals surface area contributed by atoms with E-state index in [0.717, 1.165) is 5.69 Å².